The molecule has 0 spiro atoms. The Bertz CT molecular complexity index is 1250. The molecule has 6 heteroatoms. The summed E-state index contributed by atoms with van der Waals surface area (Å²) in [4.78, 5) is 27.4. The number of hydrogen-bond donors (Lipinski definition) is 0. The summed E-state index contributed by atoms with van der Waals surface area (Å²) < 4.78 is 11.3. The third-order valence-corrected chi connectivity index (χ3v) is 5.63. The highest BCUT2D eigenvalue weighted by Crippen LogP contribution is 2.48. The molecule has 0 aliphatic carbocycles. The zero-order valence-corrected chi connectivity index (χ0v) is 18.0. The van der Waals surface area contributed by atoms with E-state index in [1.54, 1.807) is 18.5 Å². The van der Waals surface area contributed by atoms with Crippen LogP contribution in [0.25, 0.3) is 0 Å². The van der Waals surface area contributed by atoms with E-state index in [-0.39, 0.29) is 0 Å². The molecule has 162 valence electrons. The molecule has 0 unspecified atom stereocenters. The molecule has 33 heavy (non-hydrogen) atoms. The highest BCUT2D eigenvalue weighted by atomic mass is 16.6. The van der Waals surface area contributed by atoms with Crippen LogP contribution in [0.3, 0.4) is 0 Å². The standard InChI is InChI=1S/C27H21N3O3/c1-32-25(31)24-27(26-28-17-10-18-29-26,21-15-8-9-16-22(21)33-24)30-23(19-11-4-2-5-12-19)20-13-6-3-7-14-20/h2-18,24H,1H3/t24-,27+/m0/s1. The first-order chi connectivity index (χ1) is 16.2. The average molecular weight is 435 g/mol. The number of nitrogens with zero attached hydrogens (tertiary/aromatic N) is 3. The lowest BCUT2D eigenvalue weighted by atomic mass is 9.84. The zero-order chi connectivity index (χ0) is 22.7. The van der Waals surface area contributed by atoms with Crippen LogP contribution in [-0.2, 0) is 15.1 Å². The van der Waals surface area contributed by atoms with Crippen molar-refractivity contribution in [1.29, 1.82) is 0 Å². The molecule has 1 aliphatic rings. The number of carbonyl (C=O) groups is 1. The lowest BCUT2D eigenvalue weighted by molar-refractivity contribution is -0.150. The van der Waals surface area contributed by atoms with E-state index in [4.69, 9.17) is 14.5 Å². The number of aliphatic imine (C=N–C) groups is 1. The Hall–Kier alpha value is -4.32. The van der Waals surface area contributed by atoms with Crippen LogP contribution in [0.4, 0.5) is 0 Å². The summed E-state index contributed by atoms with van der Waals surface area (Å²) in [7, 11) is 1.34. The van der Waals surface area contributed by atoms with Crippen LogP contribution in [0, 0.1) is 0 Å². The minimum absolute atomic E-state index is 0.356. The molecule has 5 rings (SSSR count). The summed E-state index contributed by atoms with van der Waals surface area (Å²) >= 11 is 0. The Morgan fingerprint density at radius 1 is 0.848 bits per heavy atom. The number of esters is 1. The van der Waals surface area contributed by atoms with Crippen molar-refractivity contribution < 1.29 is 14.3 Å². The van der Waals surface area contributed by atoms with Gasteiger partial charge in [0.25, 0.3) is 0 Å². The summed E-state index contributed by atoms with van der Waals surface area (Å²) in [6.45, 7) is 0. The van der Waals surface area contributed by atoms with Gasteiger partial charge in [0.05, 0.1) is 12.8 Å². The second kappa shape index (κ2) is 8.67. The van der Waals surface area contributed by atoms with E-state index in [0.717, 1.165) is 11.1 Å². The molecular formula is C27H21N3O3. The molecule has 0 fully saturated rings. The predicted molar refractivity (Wildman–Crippen MR) is 124 cm³/mol. The van der Waals surface area contributed by atoms with Gasteiger partial charge in [0.1, 0.15) is 5.75 Å². The Morgan fingerprint density at radius 2 is 1.42 bits per heavy atom. The number of benzene rings is 3. The largest absolute Gasteiger partial charge is 0.475 e. The van der Waals surface area contributed by atoms with E-state index in [2.05, 4.69) is 9.97 Å². The van der Waals surface area contributed by atoms with Gasteiger partial charge in [-0.3, -0.25) is 4.99 Å². The molecule has 1 aromatic heterocycles. The maximum atomic E-state index is 13.1. The van der Waals surface area contributed by atoms with Crippen LogP contribution < -0.4 is 4.74 Å². The Labute approximate surface area is 191 Å². The first-order valence-corrected chi connectivity index (χ1v) is 10.6. The van der Waals surface area contributed by atoms with Crippen LogP contribution >= 0.6 is 0 Å². The average Bonchev–Trinajstić information content (AvgIpc) is 3.23. The first kappa shape index (κ1) is 20.6. The van der Waals surface area contributed by atoms with Crippen molar-refractivity contribution in [2.24, 2.45) is 4.99 Å². The Kier molecular flexibility index (Phi) is 5.40. The van der Waals surface area contributed by atoms with Gasteiger partial charge in [-0.25, -0.2) is 14.8 Å². The van der Waals surface area contributed by atoms with Gasteiger partial charge in [0, 0.05) is 29.1 Å². The molecule has 1 aliphatic heterocycles. The quantitative estimate of drug-likeness (QED) is 0.347. The molecule has 2 atom stereocenters. The van der Waals surface area contributed by atoms with Gasteiger partial charge in [-0.15, -0.1) is 0 Å². The smallest absolute Gasteiger partial charge is 0.350 e. The molecule has 6 nitrogen and oxygen atoms in total. The van der Waals surface area contributed by atoms with Crippen LogP contribution in [-0.4, -0.2) is 34.9 Å². The fraction of sp³-hybridized carbons (Fsp3) is 0.111. The summed E-state index contributed by atoms with van der Waals surface area (Å²) in [5, 5.41) is 0. The highest BCUT2D eigenvalue weighted by molar-refractivity contribution is 6.13. The fourth-order valence-corrected chi connectivity index (χ4v) is 4.13. The Balaban J connectivity index is 1.87. The molecule has 0 bridgehead atoms. The second-order valence-electron chi connectivity index (χ2n) is 7.55. The highest BCUT2D eigenvalue weighted by Gasteiger charge is 2.57. The van der Waals surface area contributed by atoms with Crippen molar-refractivity contribution in [3.63, 3.8) is 0 Å². The van der Waals surface area contributed by atoms with Crippen molar-refractivity contribution in [2.45, 2.75) is 11.6 Å². The van der Waals surface area contributed by atoms with E-state index in [1.165, 1.54) is 7.11 Å². The third-order valence-electron chi connectivity index (χ3n) is 5.63. The number of ether oxygens (including phenoxy) is 2. The second-order valence-corrected chi connectivity index (χ2v) is 7.55. The van der Waals surface area contributed by atoms with E-state index in [1.807, 2.05) is 84.9 Å². The molecule has 0 saturated carbocycles. The normalized spacial score (nSPS) is 18.6. The van der Waals surface area contributed by atoms with Crippen LogP contribution in [0.2, 0.25) is 0 Å². The van der Waals surface area contributed by atoms with Crippen LogP contribution in [0.1, 0.15) is 22.5 Å². The minimum atomic E-state index is -1.34. The molecule has 0 radical (unpaired) electrons. The molecule has 2 heterocycles. The van der Waals surface area contributed by atoms with Gasteiger partial charge in [-0.1, -0.05) is 78.9 Å². The van der Waals surface area contributed by atoms with E-state index in [0.29, 0.717) is 22.8 Å². The predicted octanol–water partition coefficient (Wildman–Crippen LogP) is 4.19. The summed E-state index contributed by atoms with van der Waals surface area (Å²) in [6, 6.07) is 28.8. The van der Waals surface area contributed by atoms with Crippen LogP contribution in [0.5, 0.6) is 5.75 Å². The summed E-state index contributed by atoms with van der Waals surface area (Å²) in [5.41, 5.74) is 1.85. The Morgan fingerprint density at radius 3 is 2.03 bits per heavy atom. The van der Waals surface area contributed by atoms with Gasteiger partial charge < -0.3 is 9.47 Å². The third kappa shape index (κ3) is 3.55. The monoisotopic (exact) mass is 435 g/mol. The van der Waals surface area contributed by atoms with E-state index >= 15 is 0 Å². The topological polar surface area (TPSA) is 73.7 Å². The molecule has 4 aromatic rings. The van der Waals surface area contributed by atoms with Crippen molar-refractivity contribution >= 4 is 11.7 Å². The summed E-state index contributed by atoms with van der Waals surface area (Å²) in [6.07, 6.45) is 2.18. The zero-order valence-electron chi connectivity index (χ0n) is 18.0. The van der Waals surface area contributed by atoms with Gasteiger partial charge in [-0.05, 0) is 12.1 Å². The SMILES string of the molecule is COC(=O)[C@@H]1Oc2ccccc2[C@]1(N=C(c1ccccc1)c1ccccc1)c1ncccn1. The maximum Gasteiger partial charge on any atom is 0.350 e. The molecular weight excluding hydrogens is 414 g/mol. The number of fused-ring (bicyclic) bond motifs is 1. The van der Waals surface area contributed by atoms with Crippen molar-refractivity contribution in [1.82, 2.24) is 9.97 Å². The number of para-hydroxylation sites is 1. The molecule has 0 N–H and O–H groups in total. The van der Waals surface area contributed by atoms with Gasteiger partial charge in [0.2, 0.25) is 6.10 Å². The van der Waals surface area contributed by atoms with Crippen molar-refractivity contribution in [3.8, 4) is 5.75 Å². The number of hydrogen-bond acceptors (Lipinski definition) is 6. The lowest BCUT2D eigenvalue weighted by Crippen LogP contribution is -2.46. The van der Waals surface area contributed by atoms with Gasteiger partial charge in [0.15, 0.2) is 11.4 Å². The maximum absolute atomic E-state index is 13.1. The number of methoxy groups -OCH3 is 1. The molecule has 3 aromatic carbocycles. The van der Waals surface area contributed by atoms with E-state index < -0.39 is 17.6 Å². The van der Waals surface area contributed by atoms with E-state index in [9.17, 15) is 4.79 Å². The van der Waals surface area contributed by atoms with Crippen LogP contribution in [0.15, 0.2) is 108 Å². The fourth-order valence-electron chi connectivity index (χ4n) is 4.13. The minimum Gasteiger partial charge on any atom is -0.475 e. The van der Waals surface area contributed by atoms with Crippen molar-refractivity contribution in [2.75, 3.05) is 7.11 Å². The summed E-state index contributed by atoms with van der Waals surface area (Å²) in [5.74, 6) is 0.349. The van der Waals surface area contributed by atoms with Gasteiger partial charge in [-0.2, -0.15) is 0 Å². The number of aromatic nitrogens is 2. The van der Waals surface area contributed by atoms with Crippen molar-refractivity contribution in [3.05, 3.63) is 126 Å². The number of rotatable bonds is 5. The lowest BCUT2D eigenvalue weighted by Gasteiger charge is -2.29. The first-order valence-electron chi connectivity index (χ1n) is 10.6. The molecule has 0 saturated heterocycles. The molecule has 0 amide bonds. The van der Waals surface area contributed by atoms with Gasteiger partial charge >= 0.3 is 5.97 Å². The number of carbonyl (C=O) groups excluding carboxylic acids is 1.